The number of hydrogen-bond acceptors (Lipinski definition) is 4. The van der Waals surface area contributed by atoms with Gasteiger partial charge in [0.15, 0.2) is 0 Å². The third kappa shape index (κ3) is 31.3. The zero-order chi connectivity index (χ0) is 13.7. The van der Waals surface area contributed by atoms with Crippen molar-refractivity contribution in [3.05, 3.63) is 5.21 Å². The molecule has 0 rings (SSSR count). The molecule has 6 nitrogen and oxygen atoms in total. The Kier molecular flexibility index (Phi) is 13.8. The normalized spacial score (nSPS) is 11.2. The van der Waals surface area contributed by atoms with Crippen molar-refractivity contribution in [3.63, 3.8) is 0 Å². The minimum atomic E-state index is -4.22. The molecule has 0 unspecified atom stereocenters. The number of hydroxylamine groups is 2. The minimum Gasteiger partial charge on any atom is -0.635 e. The maximum absolute atomic E-state index is 10.1. The van der Waals surface area contributed by atoms with E-state index in [0.29, 0.717) is 6.42 Å². The van der Waals surface area contributed by atoms with Crippen LogP contribution in [0.2, 0.25) is 0 Å². The molecule has 0 radical (unpaired) electrons. The fourth-order valence-electron chi connectivity index (χ4n) is 1.05. The van der Waals surface area contributed by atoms with Crippen LogP contribution < -0.4 is 5.06 Å². The summed E-state index contributed by atoms with van der Waals surface area (Å²) in [5, 5.41) is 9.61. The summed E-state index contributed by atoms with van der Waals surface area (Å²) >= 11 is 0. The highest BCUT2D eigenvalue weighted by molar-refractivity contribution is 7.80. The average molecular weight is 271 g/mol. The molecule has 0 aromatic heterocycles. The van der Waals surface area contributed by atoms with Gasteiger partial charge in [-0.1, -0.05) is 39.0 Å². The van der Waals surface area contributed by atoms with Gasteiger partial charge in [0, 0.05) is 0 Å². The van der Waals surface area contributed by atoms with Crippen LogP contribution in [0.25, 0.3) is 0 Å². The summed E-state index contributed by atoms with van der Waals surface area (Å²) in [5.74, 6) is 0. The number of rotatable bonds is 8. The van der Waals surface area contributed by atoms with Crippen LogP contribution in [0.1, 0.15) is 45.4 Å². The van der Waals surface area contributed by atoms with Gasteiger partial charge in [-0.3, -0.25) is 4.55 Å². The molecule has 2 N–H and O–H groups in total. The third-order valence-corrected chi connectivity index (χ3v) is 2.19. The third-order valence-electron chi connectivity index (χ3n) is 1.73. The first kappa shape index (κ1) is 19.1. The van der Waals surface area contributed by atoms with Crippen molar-refractivity contribution in [1.82, 2.24) is 0 Å². The Morgan fingerprint density at radius 1 is 1.12 bits per heavy atom. The Balaban J connectivity index is 0. The van der Waals surface area contributed by atoms with Gasteiger partial charge < -0.3 is 10.3 Å². The molecule has 0 aliphatic rings. The van der Waals surface area contributed by atoms with Crippen molar-refractivity contribution >= 4 is 10.4 Å². The zero-order valence-corrected chi connectivity index (χ0v) is 11.8. The molecule has 0 spiro atoms. The predicted molar refractivity (Wildman–Crippen MR) is 67.1 cm³/mol. The van der Waals surface area contributed by atoms with E-state index in [2.05, 4.69) is 11.1 Å². The molecule has 0 amide bonds. The van der Waals surface area contributed by atoms with E-state index in [1.807, 2.05) is 0 Å². The molecule has 17 heavy (non-hydrogen) atoms. The number of hydrogen-bond donors (Lipinski definition) is 2. The van der Waals surface area contributed by atoms with Gasteiger partial charge in [-0.05, 0) is 6.42 Å². The number of unbranched alkanes of at least 4 members (excludes halogenated alkanes) is 5. The summed E-state index contributed by atoms with van der Waals surface area (Å²) in [6.45, 7) is 2.23. The molecule has 0 saturated carbocycles. The maximum atomic E-state index is 10.1. The molecule has 0 aromatic rings. The van der Waals surface area contributed by atoms with Crippen molar-refractivity contribution in [3.8, 4) is 0 Å². The monoisotopic (exact) mass is 271 g/mol. The second kappa shape index (κ2) is 12.3. The number of nitrogens with one attached hydrogen (secondary N) is 1. The summed E-state index contributed by atoms with van der Waals surface area (Å²) < 4.78 is 32.6. The van der Waals surface area contributed by atoms with E-state index in [1.165, 1.54) is 33.4 Å². The molecule has 0 aromatic carbocycles. The Labute approximate surface area is 104 Å². The molecule has 0 saturated heterocycles. The van der Waals surface area contributed by atoms with Gasteiger partial charge in [0.05, 0.1) is 20.7 Å². The van der Waals surface area contributed by atoms with E-state index in [-0.39, 0.29) is 11.7 Å². The topological polar surface area (TPSA) is 91.1 Å². The highest BCUT2D eigenvalue weighted by Crippen LogP contribution is 2.05. The lowest BCUT2D eigenvalue weighted by molar-refractivity contribution is -0.802. The Bertz CT molecular complexity index is 238. The fraction of sp³-hybridized carbons (Fsp3) is 1.00. The van der Waals surface area contributed by atoms with Crippen LogP contribution in [-0.2, 0) is 14.6 Å². The first-order valence-corrected chi connectivity index (χ1v) is 7.25. The fourth-order valence-corrected chi connectivity index (χ4v) is 1.38. The van der Waals surface area contributed by atoms with E-state index in [1.54, 1.807) is 0 Å². The molecule has 0 fully saturated rings. The smallest absolute Gasteiger partial charge is 0.397 e. The van der Waals surface area contributed by atoms with Gasteiger partial charge in [0.25, 0.3) is 0 Å². The molecule has 0 heterocycles. The van der Waals surface area contributed by atoms with Crippen LogP contribution >= 0.6 is 0 Å². The zero-order valence-electron chi connectivity index (χ0n) is 10.9. The van der Waals surface area contributed by atoms with Gasteiger partial charge in [-0.15, -0.1) is 0 Å². The van der Waals surface area contributed by atoms with Gasteiger partial charge >= 0.3 is 10.4 Å². The van der Waals surface area contributed by atoms with Gasteiger partial charge in [-0.2, -0.15) is 8.42 Å². The van der Waals surface area contributed by atoms with Gasteiger partial charge in [-0.25, -0.2) is 4.18 Å². The minimum absolute atomic E-state index is 0.0883. The Hall–Kier alpha value is -0.210. The van der Waals surface area contributed by atoms with E-state index >= 15 is 0 Å². The first-order chi connectivity index (χ1) is 7.79. The standard InChI is InChI=1S/C8H18O4S.C2H7NO/c1-2-3-4-5-6-7-8-12-13(9,10)11;1-3(2)4/h2-8H2,1H3,(H,9,10,11);3H,1-2H3. The molecule has 106 valence electrons. The molecule has 0 atom stereocenters. The van der Waals surface area contributed by atoms with Crippen LogP contribution in [0, 0.1) is 5.21 Å². The summed E-state index contributed by atoms with van der Waals surface area (Å²) in [4.78, 5) is 0. The maximum Gasteiger partial charge on any atom is 0.397 e. The van der Waals surface area contributed by atoms with E-state index in [4.69, 9.17) is 4.55 Å². The van der Waals surface area contributed by atoms with Crippen molar-refractivity contribution in [2.45, 2.75) is 45.4 Å². The summed E-state index contributed by atoms with van der Waals surface area (Å²) in [5.41, 5.74) is 0. The highest BCUT2D eigenvalue weighted by Gasteiger charge is 2.02. The largest absolute Gasteiger partial charge is 0.635 e. The lowest BCUT2D eigenvalue weighted by Gasteiger charge is -2.04. The van der Waals surface area contributed by atoms with Crippen LogP contribution in [0.3, 0.4) is 0 Å². The van der Waals surface area contributed by atoms with Crippen molar-refractivity contribution in [2.24, 2.45) is 0 Å². The lowest BCUT2D eigenvalue weighted by Crippen LogP contribution is -3.00. The highest BCUT2D eigenvalue weighted by atomic mass is 32.3. The predicted octanol–water partition coefficient (Wildman–Crippen LogP) is 0.795. The molecular formula is C10H25NO5S. The summed E-state index contributed by atoms with van der Waals surface area (Å²) in [6, 6.07) is 0. The van der Waals surface area contributed by atoms with Gasteiger partial charge in [0.1, 0.15) is 0 Å². The molecule has 0 aliphatic heterocycles. The summed E-state index contributed by atoms with van der Waals surface area (Å²) in [6.07, 6.45) is 6.34. The second-order valence-corrected chi connectivity index (χ2v) is 5.02. The molecule has 0 aliphatic carbocycles. The van der Waals surface area contributed by atoms with Gasteiger partial charge in [0.2, 0.25) is 0 Å². The van der Waals surface area contributed by atoms with E-state index in [9.17, 15) is 13.6 Å². The number of quaternary nitrogens is 1. The van der Waals surface area contributed by atoms with Crippen LogP contribution in [-0.4, -0.2) is 33.7 Å². The Morgan fingerprint density at radius 2 is 1.53 bits per heavy atom. The molecule has 7 heteroatoms. The van der Waals surface area contributed by atoms with Crippen LogP contribution in [0.15, 0.2) is 0 Å². The van der Waals surface area contributed by atoms with E-state index < -0.39 is 10.4 Å². The lowest BCUT2D eigenvalue weighted by atomic mass is 10.1. The average Bonchev–Trinajstić information content (AvgIpc) is 2.14. The summed E-state index contributed by atoms with van der Waals surface area (Å²) in [7, 11) is -1.17. The van der Waals surface area contributed by atoms with Crippen LogP contribution in [0.4, 0.5) is 0 Å². The quantitative estimate of drug-likeness (QED) is 0.387. The SMILES string of the molecule is CCCCCCCCOS(=O)(=O)O.C[NH+](C)[O-]. The molecular weight excluding hydrogens is 246 g/mol. The van der Waals surface area contributed by atoms with Crippen molar-refractivity contribution in [1.29, 1.82) is 0 Å². The molecule has 0 bridgehead atoms. The van der Waals surface area contributed by atoms with E-state index in [0.717, 1.165) is 12.8 Å². The van der Waals surface area contributed by atoms with Crippen molar-refractivity contribution in [2.75, 3.05) is 20.7 Å². The Morgan fingerprint density at radius 3 is 1.94 bits per heavy atom. The van der Waals surface area contributed by atoms with Crippen LogP contribution in [0.5, 0.6) is 0 Å². The van der Waals surface area contributed by atoms with Crippen molar-refractivity contribution < 1.29 is 22.2 Å². The first-order valence-electron chi connectivity index (χ1n) is 5.88. The second-order valence-electron chi connectivity index (χ2n) is 3.93.